The average Bonchev–Trinajstić information content (AvgIpc) is 2.85. The Hall–Kier alpha value is -1.76. The quantitative estimate of drug-likeness (QED) is 0.845. The molecule has 1 aromatic heterocycles. The van der Waals surface area contributed by atoms with Crippen LogP contribution in [0, 0.1) is 0 Å². The lowest BCUT2D eigenvalue weighted by Crippen LogP contribution is -2.22. The number of hydrazone groups is 1. The molecule has 0 unspecified atom stereocenters. The molecule has 2 rings (SSSR count). The summed E-state index contributed by atoms with van der Waals surface area (Å²) in [5.74, 6) is -0.655. The number of anilines is 1. The molecular formula is C11H14N4O2S. The highest BCUT2D eigenvalue weighted by molar-refractivity contribution is 7.14. The second-order valence-electron chi connectivity index (χ2n) is 5.01. The second kappa shape index (κ2) is 4.49. The first kappa shape index (κ1) is 12.7. The van der Waals surface area contributed by atoms with E-state index in [0.29, 0.717) is 5.13 Å². The molecule has 0 aromatic carbocycles. The van der Waals surface area contributed by atoms with Gasteiger partial charge in [0, 0.05) is 10.8 Å². The van der Waals surface area contributed by atoms with Gasteiger partial charge in [-0.2, -0.15) is 5.10 Å². The second-order valence-corrected chi connectivity index (χ2v) is 5.87. The molecule has 0 bridgehead atoms. The molecule has 2 N–H and O–H groups in total. The molecule has 2 heterocycles. The number of nitrogens with one attached hydrogen (secondary N) is 2. The van der Waals surface area contributed by atoms with Gasteiger partial charge in [-0.15, -0.1) is 11.3 Å². The molecule has 1 aromatic rings. The Labute approximate surface area is 108 Å². The summed E-state index contributed by atoms with van der Waals surface area (Å²) in [6.45, 7) is 6.16. The number of amides is 2. The zero-order valence-electron chi connectivity index (χ0n) is 10.4. The van der Waals surface area contributed by atoms with Gasteiger partial charge in [-0.25, -0.2) is 10.4 Å². The summed E-state index contributed by atoms with van der Waals surface area (Å²) in [5.41, 5.74) is 3.29. The van der Waals surface area contributed by atoms with Crippen molar-refractivity contribution in [2.24, 2.45) is 5.10 Å². The van der Waals surface area contributed by atoms with Crippen LogP contribution >= 0.6 is 11.3 Å². The molecule has 0 spiro atoms. The van der Waals surface area contributed by atoms with Crippen molar-refractivity contribution in [3.63, 3.8) is 0 Å². The molecule has 0 radical (unpaired) electrons. The third-order valence-electron chi connectivity index (χ3n) is 2.40. The number of hydrogen-bond acceptors (Lipinski definition) is 5. The van der Waals surface area contributed by atoms with Crippen molar-refractivity contribution < 1.29 is 9.59 Å². The van der Waals surface area contributed by atoms with Gasteiger partial charge in [-0.05, 0) is 0 Å². The van der Waals surface area contributed by atoms with Gasteiger partial charge < -0.3 is 0 Å². The van der Waals surface area contributed by atoms with Crippen molar-refractivity contribution in [3.05, 3.63) is 11.1 Å². The first-order chi connectivity index (χ1) is 8.36. The van der Waals surface area contributed by atoms with E-state index in [2.05, 4.69) is 41.6 Å². The van der Waals surface area contributed by atoms with E-state index in [9.17, 15) is 9.59 Å². The minimum atomic E-state index is -0.386. The van der Waals surface area contributed by atoms with E-state index in [-0.39, 0.29) is 29.4 Å². The fourth-order valence-corrected chi connectivity index (χ4v) is 2.27. The summed E-state index contributed by atoms with van der Waals surface area (Å²) in [7, 11) is 0. The normalized spacial score (nSPS) is 15.3. The van der Waals surface area contributed by atoms with Crippen molar-refractivity contribution in [2.75, 3.05) is 5.32 Å². The van der Waals surface area contributed by atoms with Crippen molar-refractivity contribution in [3.8, 4) is 0 Å². The Morgan fingerprint density at radius 3 is 2.72 bits per heavy atom. The summed E-state index contributed by atoms with van der Waals surface area (Å²) in [6.07, 6.45) is 0.0172. The van der Waals surface area contributed by atoms with E-state index in [1.54, 1.807) is 0 Å². The van der Waals surface area contributed by atoms with E-state index < -0.39 is 0 Å². The number of hydrogen-bond donors (Lipinski definition) is 2. The monoisotopic (exact) mass is 266 g/mol. The number of nitrogens with zero attached hydrogens (tertiary/aromatic N) is 2. The standard InChI is InChI=1S/C11H14N4O2S/c1-11(2,3)7-5-18-10(12-7)13-9(17)6-4-8(16)15-14-6/h5H,4H2,1-3H3,(H,15,16)(H,12,13,17). The summed E-state index contributed by atoms with van der Waals surface area (Å²) in [6, 6.07) is 0. The molecule has 0 fully saturated rings. The number of rotatable bonds is 2. The molecule has 1 aliphatic heterocycles. The molecule has 0 saturated heterocycles. The maximum absolute atomic E-state index is 11.8. The average molecular weight is 266 g/mol. The fraction of sp³-hybridized carbons (Fsp3) is 0.455. The van der Waals surface area contributed by atoms with E-state index in [1.807, 2.05) is 5.38 Å². The van der Waals surface area contributed by atoms with Crippen LogP contribution in [0.15, 0.2) is 10.5 Å². The zero-order chi connectivity index (χ0) is 13.3. The largest absolute Gasteiger partial charge is 0.297 e. The lowest BCUT2D eigenvalue weighted by atomic mass is 9.93. The summed E-state index contributed by atoms with van der Waals surface area (Å²) >= 11 is 1.36. The molecule has 1 aliphatic rings. The number of carbonyl (C=O) groups excluding carboxylic acids is 2. The Morgan fingerprint density at radius 2 is 2.22 bits per heavy atom. The molecular weight excluding hydrogens is 252 g/mol. The van der Waals surface area contributed by atoms with Gasteiger partial charge in [-0.3, -0.25) is 14.9 Å². The summed E-state index contributed by atoms with van der Waals surface area (Å²) < 4.78 is 0. The van der Waals surface area contributed by atoms with Crippen molar-refractivity contribution in [1.82, 2.24) is 10.4 Å². The van der Waals surface area contributed by atoms with Crippen molar-refractivity contribution >= 4 is 34.0 Å². The van der Waals surface area contributed by atoms with E-state index in [1.165, 1.54) is 11.3 Å². The van der Waals surface area contributed by atoms with Crippen LogP contribution in [0.4, 0.5) is 5.13 Å². The van der Waals surface area contributed by atoms with Gasteiger partial charge in [-0.1, -0.05) is 20.8 Å². The Balaban J connectivity index is 2.04. The minimum absolute atomic E-state index is 0.0172. The topological polar surface area (TPSA) is 83.5 Å². The minimum Gasteiger partial charge on any atom is -0.297 e. The van der Waals surface area contributed by atoms with Crippen LogP contribution in [0.5, 0.6) is 0 Å². The van der Waals surface area contributed by atoms with Crippen LogP contribution in [0.3, 0.4) is 0 Å². The van der Waals surface area contributed by atoms with Gasteiger partial charge in [0.1, 0.15) is 5.71 Å². The maximum Gasteiger partial charge on any atom is 0.274 e. The van der Waals surface area contributed by atoms with Crippen LogP contribution in [-0.2, 0) is 15.0 Å². The highest BCUT2D eigenvalue weighted by atomic mass is 32.1. The van der Waals surface area contributed by atoms with Gasteiger partial charge >= 0.3 is 0 Å². The number of thiazole rings is 1. The molecule has 0 aliphatic carbocycles. The van der Waals surface area contributed by atoms with Crippen LogP contribution in [0.25, 0.3) is 0 Å². The predicted octanol–water partition coefficient (Wildman–Crippen LogP) is 1.25. The molecule has 0 atom stereocenters. The molecule has 96 valence electrons. The highest BCUT2D eigenvalue weighted by Crippen LogP contribution is 2.26. The lowest BCUT2D eigenvalue weighted by Gasteiger charge is -2.14. The molecule has 7 heteroatoms. The zero-order valence-corrected chi connectivity index (χ0v) is 11.2. The Morgan fingerprint density at radius 1 is 1.50 bits per heavy atom. The van der Waals surface area contributed by atoms with Crippen molar-refractivity contribution in [2.45, 2.75) is 32.6 Å². The third-order valence-corrected chi connectivity index (χ3v) is 3.16. The van der Waals surface area contributed by atoms with Crippen LogP contribution < -0.4 is 10.7 Å². The number of aromatic nitrogens is 1. The van der Waals surface area contributed by atoms with E-state index in [4.69, 9.17) is 0 Å². The fourth-order valence-electron chi connectivity index (χ4n) is 1.34. The van der Waals surface area contributed by atoms with Gasteiger partial charge in [0.2, 0.25) is 5.91 Å². The SMILES string of the molecule is CC(C)(C)c1csc(NC(=O)C2=NNC(=O)C2)n1. The first-order valence-corrected chi connectivity index (χ1v) is 6.37. The summed E-state index contributed by atoms with van der Waals surface area (Å²) in [5, 5.41) is 8.73. The molecule has 18 heavy (non-hydrogen) atoms. The Bertz CT molecular complexity index is 527. The maximum atomic E-state index is 11.8. The highest BCUT2D eigenvalue weighted by Gasteiger charge is 2.23. The van der Waals surface area contributed by atoms with Crippen LogP contribution in [0.1, 0.15) is 32.9 Å². The molecule has 0 saturated carbocycles. The van der Waals surface area contributed by atoms with E-state index >= 15 is 0 Å². The first-order valence-electron chi connectivity index (χ1n) is 5.49. The van der Waals surface area contributed by atoms with E-state index in [0.717, 1.165) is 5.69 Å². The van der Waals surface area contributed by atoms with Crippen LogP contribution in [-0.4, -0.2) is 22.5 Å². The smallest absolute Gasteiger partial charge is 0.274 e. The van der Waals surface area contributed by atoms with Gasteiger partial charge in [0.25, 0.3) is 5.91 Å². The third kappa shape index (κ3) is 2.73. The van der Waals surface area contributed by atoms with Crippen molar-refractivity contribution in [1.29, 1.82) is 0 Å². The molecule has 2 amide bonds. The van der Waals surface area contributed by atoms with Gasteiger partial charge in [0.05, 0.1) is 12.1 Å². The predicted molar refractivity (Wildman–Crippen MR) is 69.6 cm³/mol. The van der Waals surface area contributed by atoms with Crippen LogP contribution in [0.2, 0.25) is 0 Å². The molecule has 6 nitrogen and oxygen atoms in total. The lowest BCUT2D eigenvalue weighted by molar-refractivity contribution is -0.119. The van der Waals surface area contributed by atoms with Gasteiger partial charge in [0.15, 0.2) is 5.13 Å². The summed E-state index contributed by atoms with van der Waals surface area (Å²) in [4.78, 5) is 27.0. The Kier molecular flexibility index (Phi) is 3.16. The number of carbonyl (C=O) groups is 2.